The molecule has 1 rings (SSSR count). The fraction of sp³-hybridized carbons (Fsp3) is 0.500. The van der Waals surface area contributed by atoms with Crippen molar-refractivity contribution in [2.75, 3.05) is 0 Å². The molecule has 0 aliphatic carbocycles. The molecule has 0 bridgehead atoms. The third-order valence-corrected chi connectivity index (χ3v) is 2.45. The SMILES string of the molecule is Cc1ncc(C(=O)N[C@H](C)C(=O)O)c(C(C)C)n1. The van der Waals surface area contributed by atoms with Gasteiger partial charge in [0.25, 0.3) is 5.91 Å². The Labute approximate surface area is 105 Å². The van der Waals surface area contributed by atoms with Crippen LogP contribution in [0.2, 0.25) is 0 Å². The van der Waals surface area contributed by atoms with Gasteiger partial charge in [0.15, 0.2) is 0 Å². The summed E-state index contributed by atoms with van der Waals surface area (Å²) >= 11 is 0. The van der Waals surface area contributed by atoms with Crippen LogP contribution in [0.4, 0.5) is 0 Å². The third kappa shape index (κ3) is 3.26. The average molecular weight is 251 g/mol. The van der Waals surface area contributed by atoms with Crippen molar-refractivity contribution in [2.24, 2.45) is 0 Å². The molecule has 1 amide bonds. The molecular weight excluding hydrogens is 234 g/mol. The molecule has 1 aromatic rings. The Balaban J connectivity index is 3.02. The van der Waals surface area contributed by atoms with E-state index in [-0.39, 0.29) is 5.92 Å². The van der Waals surface area contributed by atoms with Gasteiger partial charge in [0, 0.05) is 6.20 Å². The summed E-state index contributed by atoms with van der Waals surface area (Å²) in [7, 11) is 0. The van der Waals surface area contributed by atoms with E-state index in [1.165, 1.54) is 13.1 Å². The second kappa shape index (κ2) is 5.57. The van der Waals surface area contributed by atoms with Crippen LogP contribution in [0.15, 0.2) is 6.20 Å². The first kappa shape index (κ1) is 14.1. The number of aliphatic carboxylic acids is 1. The molecule has 0 saturated heterocycles. The van der Waals surface area contributed by atoms with Crippen LogP contribution in [0.5, 0.6) is 0 Å². The minimum atomic E-state index is -1.08. The Morgan fingerprint density at radius 1 is 1.33 bits per heavy atom. The maximum atomic E-state index is 11.9. The van der Waals surface area contributed by atoms with Crippen LogP contribution in [0, 0.1) is 6.92 Å². The summed E-state index contributed by atoms with van der Waals surface area (Å²) in [5.74, 6) is -0.898. The number of hydrogen-bond acceptors (Lipinski definition) is 4. The number of nitrogens with zero attached hydrogens (tertiary/aromatic N) is 2. The molecule has 0 saturated carbocycles. The molecule has 1 aromatic heterocycles. The van der Waals surface area contributed by atoms with E-state index in [9.17, 15) is 9.59 Å². The first-order chi connectivity index (χ1) is 8.32. The maximum absolute atomic E-state index is 11.9. The zero-order valence-electron chi connectivity index (χ0n) is 10.9. The average Bonchev–Trinajstić information content (AvgIpc) is 2.28. The smallest absolute Gasteiger partial charge is 0.325 e. The van der Waals surface area contributed by atoms with Gasteiger partial charge < -0.3 is 10.4 Å². The number of carboxylic acids is 1. The van der Waals surface area contributed by atoms with E-state index in [1.54, 1.807) is 6.92 Å². The molecule has 2 N–H and O–H groups in total. The van der Waals surface area contributed by atoms with E-state index in [0.29, 0.717) is 17.1 Å². The van der Waals surface area contributed by atoms with Gasteiger partial charge >= 0.3 is 5.97 Å². The predicted molar refractivity (Wildman–Crippen MR) is 65.4 cm³/mol. The lowest BCUT2D eigenvalue weighted by atomic mass is 10.0. The van der Waals surface area contributed by atoms with E-state index in [2.05, 4.69) is 15.3 Å². The number of carbonyl (C=O) groups is 2. The third-order valence-electron chi connectivity index (χ3n) is 2.45. The van der Waals surface area contributed by atoms with Crippen LogP contribution >= 0.6 is 0 Å². The van der Waals surface area contributed by atoms with Gasteiger partial charge in [-0.05, 0) is 19.8 Å². The molecule has 0 radical (unpaired) electrons. The number of nitrogens with one attached hydrogen (secondary N) is 1. The normalized spacial score (nSPS) is 12.3. The lowest BCUT2D eigenvalue weighted by Gasteiger charge is -2.13. The van der Waals surface area contributed by atoms with Gasteiger partial charge in [-0.3, -0.25) is 9.59 Å². The number of aryl methyl sites for hydroxylation is 1. The molecule has 1 atom stereocenters. The van der Waals surface area contributed by atoms with Crippen LogP contribution in [-0.4, -0.2) is 33.0 Å². The van der Waals surface area contributed by atoms with Crippen LogP contribution < -0.4 is 5.32 Å². The summed E-state index contributed by atoms with van der Waals surface area (Å²) < 4.78 is 0. The summed E-state index contributed by atoms with van der Waals surface area (Å²) in [5, 5.41) is 11.1. The molecule has 0 unspecified atom stereocenters. The Morgan fingerprint density at radius 3 is 2.44 bits per heavy atom. The van der Waals surface area contributed by atoms with Gasteiger partial charge in [-0.25, -0.2) is 9.97 Å². The Bertz CT molecular complexity index is 472. The summed E-state index contributed by atoms with van der Waals surface area (Å²) in [6.07, 6.45) is 1.43. The lowest BCUT2D eigenvalue weighted by molar-refractivity contribution is -0.138. The van der Waals surface area contributed by atoms with E-state index in [4.69, 9.17) is 5.11 Å². The van der Waals surface area contributed by atoms with Crippen LogP contribution in [0.25, 0.3) is 0 Å². The summed E-state index contributed by atoms with van der Waals surface area (Å²) in [6.45, 7) is 6.98. The zero-order chi connectivity index (χ0) is 13.9. The van der Waals surface area contributed by atoms with Gasteiger partial charge in [0.05, 0.1) is 11.3 Å². The number of hydrogen-bond donors (Lipinski definition) is 2. The highest BCUT2D eigenvalue weighted by atomic mass is 16.4. The van der Waals surface area contributed by atoms with E-state index in [1.807, 2.05) is 13.8 Å². The highest BCUT2D eigenvalue weighted by molar-refractivity contribution is 5.97. The number of carbonyl (C=O) groups excluding carboxylic acids is 1. The van der Waals surface area contributed by atoms with Crippen LogP contribution in [0.1, 0.15) is 48.6 Å². The van der Waals surface area contributed by atoms with Crippen molar-refractivity contribution < 1.29 is 14.7 Å². The summed E-state index contributed by atoms with van der Waals surface area (Å²) in [6, 6.07) is -0.946. The Morgan fingerprint density at radius 2 is 1.94 bits per heavy atom. The Hall–Kier alpha value is -1.98. The number of carboxylic acid groups (broad SMARTS) is 1. The summed E-state index contributed by atoms with van der Waals surface area (Å²) in [5.41, 5.74) is 0.946. The molecule has 1 heterocycles. The van der Waals surface area contributed by atoms with Crippen molar-refractivity contribution in [1.82, 2.24) is 15.3 Å². The van der Waals surface area contributed by atoms with E-state index >= 15 is 0 Å². The summed E-state index contributed by atoms with van der Waals surface area (Å²) in [4.78, 5) is 30.8. The minimum absolute atomic E-state index is 0.0626. The zero-order valence-corrected chi connectivity index (χ0v) is 10.9. The number of amides is 1. The van der Waals surface area contributed by atoms with Crippen LogP contribution in [-0.2, 0) is 4.79 Å². The fourth-order valence-corrected chi connectivity index (χ4v) is 1.44. The first-order valence-electron chi connectivity index (χ1n) is 5.70. The van der Waals surface area contributed by atoms with Gasteiger partial charge in [-0.1, -0.05) is 13.8 Å². The van der Waals surface area contributed by atoms with Crippen LogP contribution in [0.3, 0.4) is 0 Å². The molecule has 0 aliphatic heterocycles. The molecule has 0 spiro atoms. The van der Waals surface area contributed by atoms with Crippen molar-refractivity contribution in [3.8, 4) is 0 Å². The number of aromatic nitrogens is 2. The molecular formula is C12H17N3O3. The molecule has 6 heteroatoms. The van der Waals surface area contributed by atoms with E-state index in [0.717, 1.165) is 0 Å². The predicted octanol–water partition coefficient (Wildman–Crippen LogP) is 1.11. The van der Waals surface area contributed by atoms with Crippen molar-refractivity contribution in [1.29, 1.82) is 0 Å². The van der Waals surface area contributed by atoms with Crippen molar-refractivity contribution in [3.05, 3.63) is 23.3 Å². The maximum Gasteiger partial charge on any atom is 0.325 e. The molecule has 98 valence electrons. The highest BCUT2D eigenvalue weighted by Gasteiger charge is 2.20. The topological polar surface area (TPSA) is 92.2 Å². The monoisotopic (exact) mass is 251 g/mol. The molecule has 6 nitrogen and oxygen atoms in total. The second-order valence-electron chi connectivity index (χ2n) is 4.40. The lowest BCUT2D eigenvalue weighted by Crippen LogP contribution is -2.39. The Kier molecular flexibility index (Phi) is 4.36. The molecule has 0 aromatic carbocycles. The van der Waals surface area contributed by atoms with Gasteiger partial charge in [0.1, 0.15) is 11.9 Å². The second-order valence-corrected chi connectivity index (χ2v) is 4.40. The largest absolute Gasteiger partial charge is 0.480 e. The molecule has 0 fully saturated rings. The van der Waals surface area contributed by atoms with Crippen molar-refractivity contribution >= 4 is 11.9 Å². The number of rotatable bonds is 4. The first-order valence-corrected chi connectivity index (χ1v) is 5.70. The van der Waals surface area contributed by atoms with Gasteiger partial charge in [-0.15, -0.1) is 0 Å². The fourth-order valence-electron chi connectivity index (χ4n) is 1.44. The molecule has 18 heavy (non-hydrogen) atoms. The standard InChI is InChI=1S/C12H17N3O3/c1-6(2)10-9(5-13-8(4)15-10)11(16)14-7(3)12(17)18/h5-7H,1-4H3,(H,14,16)(H,17,18)/t7-/m1/s1. The minimum Gasteiger partial charge on any atom is -0.480 e. The van der Waals surface area contributed by atoms with Crippen molar-refractivity contribution in [2.45, 2.75) is 39.7 Å². The highest BCUT2D eigenvalue weighted by Crippen LogP contribution is 2.16. The van der Waals surface area contributed by atoms with Crippen molar-refractivity contribution in [3.63, 3.8) is 0 Å². The van der Waals surface area contributed by atoms with Gasteiger partial charge in [-0.2, -0.15) is 0 Å². The van der Waals surface area contributed by atoms with E-state index < -0.39 is 17.9 Å². The quantitative estimate of drug-likeness (QED) is 0.836. The molecule has 0 aliphatic rings. The van der Waals surface area contributed by atoms with Gasteiger partial charge in [0.2, 0.25) is 0 Å².